The monoisotopic (exact) mass is 517 g/mol. The van der Waals surface area contributed by atoms with Crippen LogP contribution in [0.15, 0.2) is 36.8 Å². The van der Waals surface area contributed by atoms with Crippen LogP contribution >= 0.6 is 22.6 Å². The molecule has 1 aromatic carbocycles. The summed E-state index contributed by atoms with van der Waals surface area (Å²) in [4.78, 5) is 19.8. The van der Waals surface area contributed by atoms with Crippen LogP contribution in [0.25, 0.3) is 5.65 Å². The normalized spacial score (nSPS) is 19.7. The first-order valence-electron chi connectivity index (χ1n) is 10.2. The molecule has 1 fully saturated rings. The summed E-state index contributed by atoms with van der Waals surface area (Å²) < 4.78 is 8.92. The van der Waals surface area contributed by atoms with Gasteiger partial charge in [0.05, 0.1) is 17.6 Å². The molecular weight excluding hydrogens is 493 g/mol. The molecule has 8 heteroatoms. The number of nitrogens with one attached hydrogen (secondary N) is 1. The maximum absolute atomic E-state index is 13.1. The van der Waals surface area contributed by atoms with Gasteiger partial charge in [0, 0.05) is 48.0 Å². The fraction of sp³-hybridized carbons (Fsp3) is 0.409. The molecular formula is C22H24IN5O2. The standard InChI is InChI=1S/C22H24IN5O2/c1-22(2)10-15-8-17(18(9-19(15)30-22)27-7-4-14(11-23)13-27)26-21(29)16-12-25-28-6-3-5-24-20(16)28/h3,5-6,8-9,12,14H,4,7,10-11,13H2,1-2H3,(H,26,29)/t14-/m1/s1. The Hall–Kier alpha value is -2.36. The predicted molar refractivity (Wildman–Crippen MR) is 125 cm³/mol. The van der Waals surface area contributed by atoms with E-state index in [2.05, 4.69) is 68.9 Å². The number of fused-ring (bicyclic) bond motifs is 2. The second-order valence-corrected chi connectivity index (χ2v) is 9.55. The number of carbonyl (C=O) groups excluding carboxylic acids is 1. The summed E-state index contributed by atoms with van der Waals surface area (Å²) in [6.45, 7) is 6.17. The van der Waals surface area contributed by atoms with Gasteiger partial charge in [0.1, 0.15) is 16.9 Å². The Morgan fingerprint density at radius 1 is 1.40 bits per heavy atom. The molecule has 0 saturated carbocycles. The van der Waals surface area contributed by atoms with E-state index in [1.807, 2.05) is 0 Å². The number of hydrogen-bond donors (Lipinski definition) is 1. The van der Waals surface area contributed by atoms with Crippen molar-refractivity contribution in [3.05, 3.63) is 47.9 Å². The van der Waals surface area contributed by atoms with Crippen molar-refractivity contribution in [3.63, 3.8) is 0 Å². The second-order valence-electron chi connectivity index (χ2n) is 8.67. The number of halogens is 1. The van der Waals surface area contributed by atoms with E-state index in [0.29, 0.717) is 17.1 Å². The lowest BCUT2D eigenvalue weighted by Crippen LogP contribution is -2.24. The van der Waals surface area contributed by atoms with Gasteiger partial charge >= 0.3 is 0 Å². The number of aromatic nitrogens is 3. The fourth-order valence-electron chi connectivity index (χ4n) is 4.36. The smallest absolute Gasteiger partial charge is 0.261 e. The molecule has 0 unspecified atom stereocenters. The van der Waals surface area contributed by atoms with E-state index in [1.54, 1.807) is 29.2 Å². The highest BCUT2D eigenvalue weighted by atomic mass is 127. The Balaban J connectivity index is 1.51. The van der Waals surface area contributed by atoms with Crippen LogP contribution in [0, 0.1) is 5.92 Å². The maximum atomic E-state index is 13.1. The highest BCUT2D eigenvalue weighted by Gasteiger charge is 2.33. The van der Waals surface area contributed by atoms with Gasteiger partial charge in [0.15, 0.2) is 5.65 Å². The molecule has 2 aliphatic rings. The van der Waals surface area contributed by atoms with E-state index in [1.165, 1.54) is 0 Å². The van der Waals surface area contributed by atoms with Gasteiger partial charge in [-0.05, 0) is 38.3 Å². The molecule has 1 amide bonds. The topological polar surface area (TPSA) is 71.8 Å². The largest absolute Gasteiger partial charge is 0.487 e. The number of rotatable bonds is 4. The average molecular weight is 517 g/mol. The molecule has 2 aromatic heterocycles. The minimum Gasteiger partial charge on any atom is -0.487 e. The van der Waals surface area contributed by atoms with Crippen molar-refractivity contribution in [2.45, 2.75) is 32.3 Å². The summed E-state index contributed by atoms with van der Waals surface area (Å²) in [5.41, 5.74) is 3.76. The Morgan fingerprint density at radius 3 is 3.07 bits per heavy atom. The number of ether oxygens (including phenoxy) is 1. The third kappa shape index (κ3) is 3.51. The minimum absolute atomic E-state index is 0.201. The van der Waals surface area contributed by atoms with Crippen molar-refractivity contribution < 1.29 is 9.53 Å². The molecule has 0 aliphatic carbocycles. The summed E-state index contributed by atoms with van der Waals surface area (Å²) in [7, 11) is 0. The van der Waals surface area contributed by atoms with Gasteiger partial charge in [-0.25, -0.2) is 9.50 Å². The van der Waals surface area contributed by atoms with Crippen molar-refractivity contribution in [2.75, 3.05) is 27.7 Å². The van der Waals surface area contributed by atoms with Gasteiger partial charge in [0.25, 0.3) is 5.91 Å². The lowest BCUT2D eigenvalue weighted by Gasteiger charge is -2.23. The number of carbonyl (C=O) groups is 1. The van der Waals surface area contributed by atoms with E-state index in [4.69, 9.17) is 4.74 Å². The van der Waals surface area contributed by atoms with E-state index in [0.717, 1.165) is 53.0 Å². The number of benzene rings is 1. The minimum atomic E-state index is -0.232. The predicted octanol–water partition coefficient (Wildman–Crippen LogP) is 3.96. The number of anilines is 2. The number of hydrogen-bond acceptors (Lipinski definition) is 5. The van der Waals surface area contributed by atoms with Gasteiger partial charge in [-0.2, -0.15) is 5.10 Å². The third-order valence-corrected chi connectivity index (χ3v) is 7.04. The first-order valence-corrected chi connectivity index (χ1v) is 11.7. The van der Waals surface area contributed by atoms with Crippen LogP contribution in [0.1, 0.15) is 36.2 Å². The van der Waals surface area contributed by atoms with E-state index < -0.39 is 0 Å². The molecule has 2 aliphatic heterocycles. The summed E-state index contributed by atoms with van der Waals surface area (Å²) in [5.74, 6) is 1.39. The van der Waals surface area contributed by atoms with Crippen LogP contribution in [0.4, 0.5) is 11.4 Å². The van der Waals surface area contributed by atoms with Gasteiger partial charge < -0.3 is 15.0 Å². The highest BCUT2D eigenvalue weighted by Crippen LogP contribution is 2.43. The summed E-state index contributed by atoms with van der Waals surface area (Å²) in [5, 5.41) is 7.38. The van der Waals surface area contributed by atoms with Gasteiger partial charge in [-0.1, -0.05) is 22.6 Å². The van der Waals surface area contributed by atoms with Crippen molar-refractivity contribution in [2.24, 2.45) is 5.92 Å². The average Bonchev–Trinajstić information content (AvgIpc) is 3.42. The number of alkyl halides is 1. The molecule has 0 radical (unpaired) electrons. The number of nitrogens with zero attached hydrogens (tertiary/aromatic N) is 4. The van der Waals surface area contributed by atoms with Crippen molar-refractivity contribution in [1.29, 1.82) is 0 Å². The molecule has 1 atom stereocenters. The molecule has 30 heavy (non-hydrogen) atoms. The van der Waals surface area contributed by atoms with Gasteiger partial charge in [-0.3, -0.25) is 4.79 Å². The van der Waals surface area contributed by atoms with Crippen molar-refractivity contribution in [1.82, 2.24) is 14.6 Å². The molecule has 1 saturated heterocycles. The Labute approximate surface area is 188 Å². The Morgan fingerprint density at radius 2 is 2.27 bits per heavy atom. The van der Waals surface area contributed by atoms with E-state index in [9.17, 15) is 4.79 Å². The summed E-state index contributed by atoms with van der Waals surface area (Å²) in [6.07, 6.45) is 7.01. The summed E-state index contributed by atoms with van der Waals surface area (Å²) >= 11 is 2.46. The lowest BCUT2D eigenvalue weighted by atomic mass is 10.0. The molecule has 5 rings (SSSR count). The van der Waals surface area contributed by atoms with Gasteiger partial charge in [0.2, 0.25) is 0 Å². The Kier molecular flexibility index (Phi) is 4.83. The second kappa shape index (κ2) is 7.40. The van der Waals surface area contributed by atoms with Gasteiger partial charge in [-0.15, -0.1) is 0 Å². The molecule has 4 heterocycles. The number of amides is 1. The SMILES string of the molecule is CC1(C)Cc2cc(NC(=O)c3cnn4cccnc34)c(N3CC[C@H](CI)C3)cc2O1. The zero-order valence-electron chi connectivity index (χ0n) is 17.1. The van der Waals surface area contributed by atoms with E-state index >= 15 is 0 Å². The van der Waals surface area contributed by atoms with Crippen LogP contribution in [0.2, 0.25) is 0 Å². The van der Waals surface area contributed by atoms with E-state index in [-0.39, 0.29) is 11.5 Å². The zero-order valence-corrected chi connectivity index (χ0v) is 19.2. The fourth-order valence-corrected chi connectivity index (χ4v) is 5.07. The van der Waals surface area contributed by atoms with Crippen molar-refractivity contribution in [3.8, 4) is 5.75 Å². The van der Waals surface area contributed by atoms with Crippen LogP contribution in [-0.2, 0) is 6.42 Å². The van der Waals surface area contributed by atoms with Crippen LogP contribution in [-0.4, -0.2) is 43.6 Å². The van der Waals surface area contributed by atoms with Crippen LogP contribution < -0.4 is 15.0 Å². The highest BCUT2D eigenvalue weighted by molar-refractivity contribution is 14.1. The van der Waals surface area contributed by atoms with Crippen molar-refractivity contribution >= 4 is 45.5 Å². The quantitative estimate of drug-likeness (QED) is 0.419. The van der Waals surface area contributed by atoms with Crippen LogP contribution in [0.5, 0.6) is 5.75 Å². The zero-order chi connectivity index (χ0) is 20.9. The Bertz CT molecular complexity index is 1130. The first kappa shape index (κ1) is 19.6. The molecule has 156 valence electrons. The molecule has 3 aromatic rings. The third-order valence-electron chi connectivity index (χ3n) is 5.80. The first-order chi connectivity index (χ1) is 14.4. The molecule has 1 N–H and O–H groups in total. The van der Waals surface area contributed by atoms with Crippen LogP contribution in [0.3, 0.4) is 0 Å². The maximum Gasteiger partial charge on any atom is 0.261 e. The molecule has 7 nitrogen and oxygen atoms in total. The molecule has 0 bridgehead atoms. The molecule has 0 spiro atoms. The lowest BCUT2D eigenvalue weighted by molar-refractivity contribution is 0.102. The summed E-state index contributed by atoms with van der Waals surface area (Å²) in [6, 6.07) is 5.97.